The lowest BCUT2D eigenvalue weighted by Crippen LogP contribution is -2.15. The van der Waals surface area contributed by atoms with Gasteiger partial charge in [0, 0.05) is 6.07 Å². The number of ether oxygens (including phenoxy) is 2. The molecule has 0 saturated carbocycles. The maximum atomic E-state index is 11.2. The molecule has 1 atom stereocenters. The molecular formula is C21H20N2O4S. The normalized spacial score (nSPS) is 16.0. The zero-order chi connectivity index (χ0) is 19.6. The van der Waals surface area contributed by atoms with Gasteiger partial charge >= 0.3 is 0 Å². The summed E-state index contributed by atoms with van der Waals surface area (Å²) in [7, 11) is -3.33. The third-order valence-electron chi connectivity index (χ3n) is 4.41. The summed E-state index contributed by atoms with van der Waals surface area (Å²) in [5.41, 5.74) is 2.67. The summed E-state index contributed by atoms with van der Waals surface area (Å²) >= 11 is 0. The van der Waals surface area contributed by atoms with Crippen molar-refractivity contribution >= 4 is 15.7 Å². The Morgan fingerprint density at radius 1 is 1.11 bits per heavy atom. The minimum atomic E-state index is -3.33. The third-order valence-corrected chi connectivity index (χ3v) is 5.02. The summed E-state index contributed by atoms with van der Waals surface area (Å²) in [4.78, 5) is 4.14. The molecule has 4 rings (SSSR count). The summed E-state index contributed by atoms with van der Waals surface area (Å²) in [6.07, 6.45) is 4.38. The highest BCUT2D eigenvalue weighted by atomic mass is 32.2. The highest BCUT2D eigenvalue weighted by Crippen LogP contribution is 2.37. The van der Waals surface area contributed by atoms with E-state index in [9.17, 15) is 8.42 Å². The number of nitrogens with one attached hydrogen (secondary N) is 1. The topological polar surface area (TPSA) is 77.5 Å². The second-order valence-electron chi connectivity index (χ2n) is 6.69. The van der Waals surface area contributed by atoms with E-state index in [2.05, 4.69) is 21.8 Å². The summed E-state index contributed by atoms with van der Waals surface area (Å²) in [5, 5.41) is 0. The molecule has 1 N–H and O–H groups in total. The number of benzene rings is 2. The molecule has 0 bridgehead atoms. The van der Waals surface area contributed by atoms with Gasteiger partial charge < -0.3 is 9.47 Å². The summed E-state index contributed by atoms with van der Waals surface area (Å²) in [6, 6.07) is 19.2. The van der Waals surface area contributed by atoms with Gasteiger partial charge in [-0.05, 0) is 48.2 Å². The van der Waals surface area contributed by atoms with Crippen molar-refractivity contribution < 1.29 is 17.9 Å². The molecule has 1 aromatic heterocycles. The molecule has 1 aliphatic heterocycles. The summed E-state index contributed by atoms with van der Waals surface area (Å²) in [6.45, 7) is 0. The van der Waals surface area contributed by atoms with E-state index < -0.39 is 10.0 Å². The molecule has 2 heterocycles. The molecule has 6 nitrogen and oxygen atoms in total. The number of rotatable bonds is 5. The van der Waals surface area contributed by atoms with Crippen molar-refractivity contribution in [2.45, 2.75) is 18.9 Å². The Labute approximate surface area is 164 Å². The average molecular weight is 396 g/mol. The van der Waals surface area contributed by atoms with Crippen molar-refractivity contribution in [3.63, 3.8) is 0 Å². The molecule has 0 radical (unpaired) electrons. The van der Waals surface area contributed by atoms with Gasteiger partial charge in [-0.15, -0.1) is 0 Å². The van der Waals surface area contributed by atoms with Gasteiger partial charge in [0.25, 0.3) is 0 Å². The van der Waals surface area contributed by atoms with Crippen molar-refractivity contribution in [1.29, 1.82) is 0 Å². The first-order chi connectivity index (χ1) is 13.5. The van der Waals surface area contributed by atoms with E-state index >= 15 is 0 Å². The second-order valence-corrected chi connectivity index (χ2v) is 8.44. The van der Waals surface area contributed by atoms with Gasteiger partial charge in [0.05, 0.1) is 18.1 Å². The smallest absolute Gasteiger partial charge is 0.229 e. The molecule has 0 amide bonds. The van der Waals surface area contributed by atoms with Crippen LogP contribution in [0.15, 0.2) is 66.9 Å². The lowest BCUT2D eigenvalue weighted by Gasteiger charge is -2.26. The van der Waals surface area contributed by atoms with Crippen LogP contribution in [0.2, 0.25) is 0 Å². The number of fused-ring (bicyclic) bond motifs is 1. The first-order valence-electron chi connectivity index (χ1n) is 8.92. The Hall–Kier alpha value is -3.06. The van der Waals surface area contributed by atoms with Gasteiger partial charge in [-0.3, -0.25) is 4.72 Å². The number of aromatic nitrogens is 1. The van der Waals surface area contributed by atoms with Crippen molar-refractivity contribution in [3.05, 3.63) is 78.0 Å². The van der Waals surface area contributed by atoms with Gasteiger partial charge in [-0.1, -0.05) is 30.3 Å². The number of sulfonamides is 1. The Bertz CT molecular complexity index is 1070. The van der Waals surface area contributed by atoms with E-state index in [0.29, 0.717) is 17.3 Å². The molecule has 1 aliphatic rings. The lowest BCUT2D eigenvalue weighted by molar-refractivity contribution is 0.176. The largest absolute Gasteiger partial charge is 0.485 e. The van der Waals surface area contributed by atoms with Gasteiger partial charge in [0.15, 0.2) is 0 Å². The highest BCUT2D eigenvalue weighted by molar-refractivity contribution is 7.92. The Balaban J connectivity index is 1.45. The molecular weight excluding hydrogens is 376 g/mol. The zero-order valence-electron chi connectivity index (χ0n) is 15.3. The third kappa shape index (κ3) is 4.43. The minimum Gasteiger partial charge on any atom is -0.485 e. The number of aryl methyl sites for hydroxylation is 1. The summed E-state index contributed by atoms with van der Waals surface area (Å²) < 4.78 is 36.8. The van der Waals surface area contributed by atoms with E-state index in [1.54, 1.807) is 12.1 Å². The van der Waals surface area contributed by atoms with Crippen LogP contribution in [0.4, 0.5) is 5.69 Å². The van der Waals surface area contributed by atoms with Crippen LogP contribution >= 0.6 is 0 Å². The van der Waals surface area contributed by atoms with E-state index in [-0.39, 0.29) is 6.10 Å². The van der Waals surface area contributed by atoms with Crippen molar-refractivity contribution in [2.75, 3.05) is 11.0 Å². The molecule has 2 aromatic carbocycles. The van der Waals surface area contributed by atoms with Crippen LogP contribution in [0, 0.1) is 0 Å². The van der Waals surface area contributed by atoms with Crippen LogP contribution in [0.1, 0.15) is 23.7 Å². The van der Waals surface area contributed by atoms with E-state index in [1.165, 1.54) is 11.8 Å². The molecule has 0 fully saturated rings. The molecule has 0 spiro atoms. The van der Waals surface area contributed by atoms with Gasteiger partial charge in [0.1, 0.15) is 17.6 Å². The molecule has 28 heavy (non-hydrogen) atoms. The van der Waals surface area contributed by atoms with Crippen LogP contribution in [0.5, 0.6) is 17.4 Å². The van der Waals surface area contributed by atoms with E-state index in [4.69, 9.17) is 9.47 Å². The first-order valence-corrected chi connectivity index (χ1v) is 10.8. The van der Waals surface area contributed by atoms with Crippen molar-refractivity contribution in [1.82, 2.24) is 4.98 Å². The lowest BCUT2D eigenvalue weighted by atomic mass is 9.97. The second kappa shape index (κ2) is 7.52. The fourth-order valence-electron chi connectivity index (χ4n) is 3.17. The molecule has 3 aromatic rings. The van der Waals surface area contributed by atoms with Crippen molar-refractivity contribution in [2.24, 2.45) is 0 Å². The van der Waals surface area contributed by atoms with Crippen LogP contribution in [0.25, 0.3) is 0 Å². The number of nitrogens with zero attached hydrogens (tertiary/aromatic N) is 1. The predicted molar refractivity (Wildman–Crippen MR) is 107 cm³/mol. The Morgan fingerprint density at radius 2 is 1.93 bits per heavy atom. The Kier molecular flexibility index (Phi) is 4.92. The molecule has 144 valence electrons. The molecule has 7 heteroatoms. The molecule has 0 aliphatic carbocycles. The van der Waals surface area contributed by atoms with Crippen LogP contribution in [-0.4, -0.2) is 19.7 Å². The number of pyridine rings is 1. The minimum absolute atomic E-state index is 0.0667. The maximum Gasteiger partial charge on any atom is 0.229 e. The first kappa shape index (κ1) is 18.3. The average Bonchev–Trinajstić information content (AvgIpc) is 2.69. The SMILES string of the molecule is CS(=O)(=O)Nc1ccc(Oc2ccc3c(c2)CCC(c2ccccc2)O3)nc1. The predicted octanol–water partition coefficient (Wildman–Crippen LogP) is 4.31. The number of hydrogen-bond acceptors (Lipinski definition) is 5. The van der Waals surface area contributed by atoms with Gasteiger partial charge in [-0.25, -0.2) is 13.4 Å². The summed E-state index contributed by atoms with van der Waals surface area (Å²) in [5.74, 6) is 1.92. The quantitative estimate of drug-likeness (QED) is 0.695. The van der Waals surface area contributed by atoms with E-state index in [1.807, 2.05) is 36.4 Å². The highest BCUT2D eigenvalue weighted by Gasteiger charge is 2.21. The van der Waals surface area contributed by atoms with Gasteiger partial charge in [0.2, 0.25) is 15.9 Å². The van der Waals surface area contributed by atoms with Crippen LogP contribution in [0.3, 0.4) is 0 Å². The fraction of sp³-hybridized carbons (Fsp3) is 0.190. The van der Waals surface area contributed by atoms with Crippen LogP contribution < -0.4 is 14.2 Å². The number of anilines is 1. The van der Waals surface area contributed by atoms with E-state index in [0.717, 1.165) is 30.4 Å². The Morgan fingerprint density at radius 3 is 2.64 bits per heavy atom. The molecule has 0 saturated heterocycles. The zero-order valence-corrected chi connectivity index (χ0v) is 16.1. The monoisotopic (exact) mass is 396 g/mol. The van der Waals surface area contributed by atoms with Gasteiger partial charge in [-0.2, -0.15) is 0 Å². The molecule has 1 unspecified atom stereocenters. The standard InChI is InChI=1S/C21H20N2O4S/c1-28(24,25)23-17-8-12-21(22-14-17)26-18-9-11-20-16(13-18)7-10-19(27-20)15-5-3-2-4-6-15/h2-6,8-9,11-14,19,23H,7,10H2,1H3. The van der Waals surface area contributed by atoms with Crippen molar-refractivity contribution in [3.8, 4) is 17.4 Å². The van der Waals surface area contributed by atoms with Crippen LogP contribution in [-0.2, 0) is 16.4 Å². The maximum absolute atomic E-state index is 11.2. The number of hydrogen-bond donors (Lipinski definition) is 1. The fourth-order valence-corrected chi connectivity index (χ4v) is 3.72.